The zero-order chi connectivity index (χ0) is 20.1. The number of nitrogens with zero attached hydrogens (tertiary/aromatic N) is 2. The first-order chi connectivity index (χ1) is 13.5. The lowest BCUT2D eigenvalue weighted by Gasteiger charge is -2.36. The molecule has 0 N–H and O–H groups in total. The van der Waals surface area contributed by atoms with Crippen molar-refractivity contribution in [3.05, 3.63) is 59.4 Å². The number of halogens is 1. The van der Waals surface area contributed by atoms with Crippen molar-refractivity contribution in [2.24, 2.45) is 5.10 Å². The molecule has 148 valence electrons. The van der Waals surface area contributed by atoms with Crippen molar-refractivity contribution < 1.29 is 18.7 Å². The lowest BCUT2D eigenvalue weighted by molar-refractivity contribution is 0.0725. The van der Waals surface area contributed by atoms with E-state index in [0.717, 1.165) is 18.4 Å². The average Bonchev–Trinajstić information content (AvgIpc) is 2.68. The number of piperidine rings is 1. The summed E-state index contributed by atoms with van der Waals surface area (Å²) in [6, 6.07) is 11.7. The van der Waals surface area contributed by atoms with Gasteiger partial charge in [0, 0.05) is 12.1 Å². The Morgan fingerprint density at radius 1 is 1.14 bits per heavy atom. The van der Waals surface area contributed by atoms with E-state index in [2.05, 4.69) is 24.0 Å². The second-order valence-corrected chi connectivity index (χ2v) is 7.03. The van der Waals surface area contributed by atoms with Crippen LogP contribution in [0.5, 0.6) is 11.5 Å². The Balaban J connectivity index is 1.76. The first-order valence-electron chi connectivity index (χ1n) is 9.46. The maximum atomic E-state index is 13.8. The molecule has 5 nitrogen and oxygen atoms in total. The lowest BCUT2D eigenvalue weighted by atomic mass is 10.00. The van der Waals surface area contributed by atoms with Crippen LogP contribution in [0.25, 0.3) is 0 Å². The Labute approximate surface area is 164 Å². The summed E-state index contributed by atoms with van der Waals surface area (Å²) in [4.78, 5) is 12.2. The molecule has 0 unspecified atom stereocenters. The first-order valence-corrected chi connectivity index (χ1v) is 9.46. The molecule has 0 saturated carbocycles. The number of rotatable bonds is 5. The Bertz CT molecular complexity index is 859. The van der Waals surface area contributed by atoms with E-state index in [1.807, 2.05) is 0 Å². The van der Waals surface area contributed by atoms with Gasteiger partial charge >= 0.3 is 5.97 Å². The zero-order valence-electron chi connectivity index (χ0n) is 16.4. The maximum absolute atomic E-state index is 13.8. The van der Waals surface area contributed by atoms with Crippen LogP contribution in [0.3, 0.4) is 0 Å². The fourth-order valence-corrected chi connectivity index (χ4v) is 3.40. The number of methoxy groups -OCH3 is 1. The number of carbonyl (C=O) groups is 1. The Kier molecular flexibility index (Phi) is 6.29. The molecular weight excluding hydrogens is 359 g/mol. The molecule has 0 radical (unpaired) electrons. The molecule has 0 bridgehead atoms. The van der Waals surface area contributed by atoms with Crippen LogP contribution in [-0.4, -0.2) is 36.4 Å². The first kappa shape index (κ1) is 19.9. The minimum Gasteiger partial charge on any atom is -0.493 e. The maximum Gasteiger partial charge on any atom is 0.346 e. The number of ether oxygens (including phenoxy) is 2. The summed E-state index contributed by atoms with van der Waals surface area (Å²) in [6.45, 7) is 4.36. The largest absolute Gasteiger partial charge is 0.493 e. The zero-order valence-corrected chi connectivity index (χ0v) is 16.4. The molecule has 1 fully saturated rings. The van der Waals surface area contributed by atoms with Crippen molar-refractivity contribution in [3.63, 3.8) is 0 Å². The van der Waals surface area contributed by atoms with E-state index in [1.165, 1.54) is 31.7 Å². The van der Waals surface area contributed by atoms with Gasteiger partial charge in [0.1, 0.15) is 5.82 Å². The van der Waals surface area contributed by atoms with E-state index in [4.69, 9.17) is 9.47 Å². The van der Waals surface area contributed by atoms with Gasteiger partial charge in [-0.15, -0.1) is 0 Å². The molecule has 1 aliphatic heterocycles. The van der Waals surface area contributed by atoms with Gasteiger partial charge in [-0.25, -0.2) is 9.18 Å². The number of carbonyl (C=O) groups excluding carboxylic acids is 1. The highest BCUT2D eigenvalue weighted by atomic mass is 19.1. The second-order valence-electron chi connectivity index (χ2n) is 7.03. The van der Waals surface area contributed by atoms with Crippen LogP contribution in [0.4, 0.5) is 4.39 Å². The lowest BCUT2D eigenvalue weighted by Crippen LogP contribution is -2.39. The third kappa shape index (κ3) is 4.50. The Hall–Kier alpha value is -2.89. The molecular formula is C22H25FN2O3. The van der Waals surface area contributed by atoms with Gasteiger partial charge in [-0.1, -0.05) is 12.1 Å². The molecule has 2 aromatic rings. The monoisotopic (exact) mass is 384 g/mol. The highest BCUT2D eigenvalue weighted by Crippen LogP contribution is 2.29. The minimum absolute atomic E-state index is 0.122. The number of hydrazone groups is 1. The molecule has 1 heterocycles. The predicted molar refractivity (Wildman–Crippen MR) is 107 cm³/mol. The van der Waals surface area contributed by atoms with Gasteiger partial charge in [0.15, 0.2) is 11.5 Å². The Morgan fingerprint density at radius 2 is 1.86 bits per heavy atom. The number of hydrogen-bond acceptors (Lipinski definition) is 5. The van der Waals surface area contributed by atoms with E-state index >= 15 is 0 Å². The molecule has 6 heteroatoms. The molecule has 1 aliphatic rings. The highest BCUT2D eigenvalue weighted by Gasteiger charge is 2.22. The Morgan fingerprint density at radius 3 is 2.54 bits per heavy atom. The SMILES string of the molecule is COc1cc(/C=N\N2[C@H](C)CCC[C@H]2C)ccc1OC(=O)c1ccccc1F. The van der Waals surface area contributed by atoms with Crippen LogP contribution in [0.2, 0.25) is 0 Å². The van der Waals surface area contributed by atoms with Gasteiger partial charge in [0.05, 0.1) is 18.9 Å². The van der Waals surface area contributed by atoms with Gasteiger partial charge in [0.2, 0.25) is 0 Å². The molecule has 0 aliphatic carbocycles. The van der Waals surface area contributed by atoms with Gasteiger partial charge in [-0.2, -0.15) is 5.10 Å². The van der Waals surface area contributed by atoms with Gasteiger partial charge < -0.3 is 9.47 Å². The molecule has 1 saturated heterocycles. The van der Waals surface area contributed by atoms with Crippen LogP contribution in [0.15, 0.2) is 47.6 Å². The number of benzene rings is 2. The van der Waals surface area contributed by atoms with Crippen LogP contribution in [-0.2, 0) is 0 Å². The van der Waals surface area contributed by atoms with Crippen molar-refractivity contribution >= 4 is 12.2 Å². The molecule has 0 amide bonds. The van der Waals surface area contributed by atoms with Crippen molar-refractivity contribution in [3.8, 4) is 11.5 Å². The van der Waals surface area contributed by atoms with Crippen molar-refractivity contribution in [2.45, 2.75) is 45.2 Å². The smallest absolute Gasteiger partial charge is 0.346 e. The topological polar surface area (TPSA) is 51.1 Å². The van der Waals surface area contributed by atoms with Crippen LogP contribution < -0.4 is 9.47 Å². The average molecular weight is 384 g/mol. The minimum atomic E-state index is -0.770. The normalized spacial score (nSPS) is 19.6. The number of esters is 1. The quantitative estimate of drug-likeness (QED) is 0.428. The van der Waals surface area contributed by atoms with E-state index in [9.17, 15) is 9.18 Å². The van der Waals surface area contributed by atoms with Crippen molar-refractivity contribution in [1.82, 2.24) is 5.01 Å². The molecule has 2 atom stereocenters. The third-order valence-corrected chi connectivity index (χ3v) is 4.97. The summed E-state index contributed by atoms with van der Waals surface area (Å²) < 4.78 is 24.4. The fourth-order valence-electron chi connectivity index (χ4n) is 3.40. The fraction of sp³-hybridized carbons (Fsp3) is 0.364. The van der Waals surface area contributed by atoms with Crippen LogP contribution >= 0.6 is 0 Å². The third-order valence-electron chi connectivity index (χ3n) is 4.97. The number of hydrogen-bond donors (Lipinski definition) is 0. The molecule has 3 rings (SSSR count). The summed E-state index contributed by atoms with van der Waals surface area (Å²) in [5.74, 6) is -0.783. The van der Waals surface area contributed by atoms with E-state index in [1.54, 1.807) is 30.5 Å². The summed E-state index contributed by atoms with van der Waals surface area (Å²) in [6.07, 6.45) is 5.28. The second kappa shape index (κ2) is 8.87. The van der Waals surface area contributed by atoms with Gasteiger partial charge in [-0.3, -0.25) is 5.01 Å². The molecule has 2 aromatic carbocycles. The molecule has 0 aromatic heterocycles. The van der Waals surface area contributed by atoms with Crippen LogP contribution in [0.1, 0.15) is 49.0 Å². The van der Waals surface area contributed by atoms with E-state index in [0.29, 0.717) is 17.8 Å². The summed E-state index contributed by atoms with van der Waals surface area (Å²) in [7, 11) is 1.49. The highest BCUT2D eigenvalue weighted by molar-refractivity contribution is 5.92. The predicted octanol–water partition coefficient (Wildman–Crippen LogP) is 4.65. The summed E-state index contributed by atoms with van der Waals surface area (Å²) >= 11 is 0. The summed E-state index contributed by atoms with van der Waals surface area (Å²) in [5, 5.41) is 6.76. The molecule has 28 heavy (non-hydrogen) atoms. The summed E-state index contributed by atoms with van der Waals surface area (Å²) in [5.41, 5.74) is 0.704. The standard InChI is InChI=1S/C22H25FN2O3/c1-15-7-6-8-16(2)25(15)24-14-17-11-12-20(21(13-17)27-3)28-22(26)18-9-4-5-10-19(18)23/h4-5,9-16H,6-8H2,1-3H3/b24-14-/t15-,16-/m1/s1. The van der Waals surface area contributed by atoms with Crippen molar-refractivity contribution in [2.75, 3.05) is 7.11 Å². The van der Waals surface area contributed by atoms with Gasteiger partial charge in [0.25, 0.3) is 0 Å². The molecule has 0 spiro atoms. The van der Waals surface area contributed by atoms with Crippen molar-refractivity contribution in [1.29, 1.82) is 0 Å². The van der Waals surface area contributed by atoms with E-state index < -0.39 is 11.8 Å². The van der Waals surface area contributed by atoms with Crippen LogP contribution in [0, 0.1) is 5.82 Å². The van der Waals surface area contributed by atoms with E-state index in [-0.39, 0.29) is 11.3 Å². The van der Waals surface area contributed by atoms with Gasteiger partial charge in [-0.05, 0) is 69.0 Å².